The summed E-state index contributed by atoms with van der Waals surface area (Å²) in [5.74, 6) is 0.0564. The molecule has 0 saturated heterocycles. The molecular weight excluding hydrogens is 266 g/mol. The highest BCUT2D eigenvalue weighted by atomic mass is 32.2. The second-order valence-electron chi connectivity index (χ2n) is 5.24. The fourth-order valence-corrected chi connectivity index (χ4v) is 3.92. The summed E-state index contributed by atoms with van der Waals surface area (Å²) in [5.41, 5.74) is 0.203. The molecular formula is C14H16F2N2S. The van der Waals surface area contributed by atoms with Gasteiger partial charge in [-0.3, -0.25) is 4.99 Å². The molecule has 1 heterocycles. The van der Waals surface area contributed by atoms with E-state index in [1.54, 1.807) is 11.8 Å². The van der Waals surface area contributed by atoms with Crippen molar-refractivity contribution in [3.05, 3.63) is 29.8 Å². The first-order chi connectivity index (χ1) is 9.17. The minimum Gasteiger partial charge on any atom is -0.332 e. The molecule has 2 nitrogen and oxygen atoms in total. The van der Waals surface area contributed by atoms with Crippen molar-refractivity contribution in [1.82, 2.24) is 0 Å². The first-order valence-electron chi connectivity index (χ1n) is 6.62. The van der Waals surface area contributed by atoms with E-state index < -0.39 is 11.6 Å². The van der Waals surface area contributed by atoms with Crippen molar-refractivity contribution in [2.75, 3.05) is 11.1 Å². The minimum absolute atomic E-state index is 0.0368. The van der Waals surface area contributed by atoms with Gasteiger partial charge < -0.3 is 5.32 Å². The Morgan fingerprint density at radius 1 is 1.16 bits per heavy atom. The standard InChI is InChI=1S/C14H16F2N2S/c15-10-4-5-11(16)12(8-10)17-13-18-14(9-19-13)6-2-1-3-7-14/h4-5,8H,1-3,6-7,9H2,(H,17,18). The number of nitrogens with zero attached hydrogens (tertiary/aromatic N) is 1. The molecule has 1 N–H and O–H groups in total. The monoisotopic (exact) mass is 282 g/mol. The van der Waals surface area contributed by atoms with E-state index in [2.05, 4.69) is 5.32 Å². The predicted molar refractivity (Wildman–Crippen MR) is 75.7 cm³/mol. The predicted octanol–water partition coefficient (Wildman–Crippen LogP) is 4.18. The van der Waals surface area contributed by atoms with Crippen molar-refractivity contribution in [2.24, 2.45) is 4.99 Å². The molecule has 1 spiro atoms. The van der Waals surface area contributed by atoms with E-state index in [1.807, 2.05) is 0 Å². The first-order valence-corrected chi connectivity index (χ1v) is 7.60. The number of benzene rings is 1. The molecule has 1 aliphatic heterocycles. The number of nitrogens with one attached hydrogen (secondary N) is 1. The average molecular weight is 282 g/mol. The van der Waals surface area contributed by atoms with Crippen LogP contribution in [0, 0.1) is 11.6 Å². The average Bonchev–Trinajstić information content (AvgIpc) is 2.78. The largest absolute Gasteiger partial charge is 0.332 e. The molecule has 2 aliphatic rings. The molecule has 0 bridgehead atoms. The molecule has 5 heteroatoms. The smallest absolute Gasteiger partial charge is 0.161 e. The Kier molecular flexibility index (Phi) is 3.48. The van der Waals surface area contributed by atoms with E-state index in [0.717, 1.165) is 30.7 Å². The second-order valence-corrected chi connectivity index (χ2v) is 6.20. The van der Waals surface area contributed by atoms with Crippen LogP contribution in [0.4, 0.5) is 14.5 Å². The Bertz CT molecular complexity index is 510. The van der Waals surface area contributed by atoms with Gasteiger partial charge in [-0.05, 0) is 25.0 Å². The third kappa shape index (κ3) is 2.76. The van der Waals surface area contributed by atoms with Gasteiger partial charge in [-0.2, -0.15) is 0 Å². The van der Waals surface area contributed by atoms with Gasteiger partial charge in [0.1, 0.15) is 11.6 Å². The molecule has 0 atom stereocenters. The Hall–Kier alpha value is -1.10. The topological polar surface area (TPSA) is 24.4 Å². The van der Waals surface area contributed by atoms with Gasteiger partial charge in [0.15, 0.2) is 5.17 Å². The van der Waals surface area contributed by atoms with Gasteiger partial charge in [-0.25, -0.2) is 8.78 Å². The number of rotatable bonds is 1. The van der Waals surface area contributed by atoms with E-state index in [4.69, 9.17) is 4.99 Å². The fraction of sp³-hybridized carbons (Fsp3) is 0.500. The molecule has 0 aromatic heterocycles. The van der Waals surface area contributed by atoms with Crippen molar-refractivity contribution in [3.63, 3.8) is 0 Å². The van der Waals surface area contributed by atoms with Crippen LogP contribution in [0.1, 0.15) is 32.1 Å². The number of hydrogen-bond acceptors (Lipinski definition) is 3. The van der Waals surface area contributed by atoms with Crippen molar-refractivity contribution < 1.29 is 8.78 Å². The van der Waals surface area contributed by atoms with Gasteiger partial charge in [0.05, 0.1) is 11.2 Å². The lowest BCUT2D eigenvalue weighted by atomic mass is 9.84. The Labute approximate surface area is 115 Å². The lowest BCUT2D eigenvalue weighted by Gasteiger charge is -2.29. The molecule has 1 saturated carbocycles. The quantitative estimate of drug-likeness (QED) is 0.835. The van der Waals surface area contributed by atoms with Crippen LogP contribution in [0.25, 0.3) is 0 Å². The molecule has 1 aromatic rings. The summed E-state index contributed by atoms with van der Waals surface area (Å²) in [7, 11) is 0. The van der Waals surface area contributed by atoms with Gasteiger partial charge >= 0.3 is 0 Å². The Morgan fingerprint density at radius 3 is 2.74 bits per heavy atom. The molecule has 0 unspecified atom stereocenters. The molecule has 19 heavy (non-hydrogen) atoms. The van der Waals surface area contributed by atoms with E-state index >= 15 is 0 Å². The number of amidine groups is 1. The zero-order valence-corrected chi connectivity index (χ0v) is 11.4. The Morgan fingerprint density at radius 2 is 1.95 bits per heavy atom. The third-order valence-corrected chi connectivity index (χ3v) is 4.92. The molecule has 1 aromatic carbocycles. The fourth-order valence-electron chi connectivity index (χ4n) is 2.72. The molecule has 1 aliphatic carbocycles. The highest BCUT2D eigenvalue weighted by Crippen LogP contribution is 2.40. The minimum atomic E-state index is -0.450. The van der Waals surface area contributed by atoms with Crippen molar-refractivity contribution in [3.8, 4) is 0 Å². The van der Waals surface area contributed by atoms with Crippen LogP contribution in [-0.2, 0) is 0 Å². The normalized spacial score (nSPS) is 21.5. The number of hydrogen-bond donors (Lipinski definition) is 1. The Balaban J connectivity index is 1.77. The summed E-state index contributed by atoms with van der Waals surface area (Å²) in [6.45, 7) is 0. The summed E-state index contributed by atoms with van der Waals surface area (Å²) in [4.78, 5) is 4.72. The second kappa shape index (κ2) is 5.12. The number of thioether (sulfide) groups is 1. The highest BCUT2D eigenvalue weighted by molar-refractivity contribution is 8.14. The lowest BCUT2D eigenvalue weighted by molar-refractivity contribution is 0.335. The maximum absolute atomic E-state index is 13.6. The molecule has 102 valence electrons. The summed E-state index contributed by atoms with van der Waals surface area (Å²) in [6.07, 6.45) is 5.92. The SMILES string of the molecule is Fc1ccc(F)c(NC2=NC3(CCCCC3)CS2)c1. The molecule has 0 amide bonds. The van der Waals surface area contributed by atoms with Crippen molar-refractivity contribution >= 4 is 22.6 Å². The van der Waals surface area contributed by atoms with Gasteiger partial charge in [0.2, 0.25) is 0 Å². The van der Waals surface area contributed by atoms with Gasteiger partial charge in [-0.15, -0.1) is 0 Å². The summed E-state index contributed by atoms with van der Waals surface area (Å²) in [5, 5.41) is 3.63. The summed E-state index contributed by atoms with van der Waals surface area (Å²) < 4.78 is 26.7. The van der Waals surface area contributed by atoms with Gasteiger partial charge in [0, 0.05) is 11.8 Å². The maximum Gasteiger partial charge on any atom is 0.161 e. The van der Waals surface area contributed by atoms with Crippen molar-refractivity contribution in [2.45, 2.75) is 37.6 Å². The third-order valence-electron chi connectivity index (χ3n) is 3.77. The zero-order chi connectivity index (χ0) is 13.3. The van der Waals surface area contributed by atoms with Crippen molar-refractivity contribution in [1.29, 1.82) is 0 Å². The summed E-state index contributed by atoms with van der Waals surface area (Å²) >= 11 is 1.61. The van der Waals surface area contributed by atoms with Crippen LogP contribution >= 0.6 is 11.8 Å². The molecule has 3 rings (SSSR count). The van der Waals surface area contributed by atoms with E-state index in [9.17, 15) is 8.78 Å². The molecule has 1 fully saturated rings. The van der Waals surface area contributed by atoms with Gasteiger partial charge in [0.25, 0.3) is 0 Å². The van der Waals surface area contributed by atoms with Crippen LogP contribution in [0.15, 0.2) is 23.2 Å². The number of halogens is 2. The lowest BCUT2D eigenvalue weighted by Crippen LogP contribution is -2.29. The number of aliphatic imine (C=N–C) groups is 1. The van der Waals surface area contributed by atoms with E-state index in [0.29, 0.717) is 5.17 Å². The van der Waals surface area contributed by atoms with Crippen LogP contribution in [-0.4, -0.2) is 16.5 Å². The zero-order valence-electron chi connectivity index (χ0n) is 10.6. The summed E-state index contributed by atoms with van der Waals surface area (Å²) in [6, 6.07) is 3.42. The first kappa shape index (κ1) is 12.9. The van der Waals surface area contributed by atoms with Crippen LogP contribution in [0.2, 0.25) is 0 Å². The molecule has 0 radical (unpaired) electrons. The maximum atomic E-state index is 13.6. The van der Waals surface area contributed by atoms with Gasteiger partial charge in [-0.1, -0.05) is 31.0 Å². The van der Waals surface area contributed by atoms with Crippen LogP contribution in [0.3, 0.4) is 0 Å². The van der Waals surface area contributed by atoms with Crippen LogP contribution in [0.5, 0.6) is 0 Å². The van der Waals surface area contributed by atoms with Crippen LogP contribution < -0.4 is 5.32 Å². The number of anilines is 1. The van der Waals surface area contributed by atoms with E-state index in [1.165, 1.54) is 25.3 Å². The van der Waals surface area contributed by atoms with E-state index in [-0.39, 0.29) is 11.2 Å². The highest BCUT2D eigenvalue weighted by Gasteiger charge is 2.36.